The van der Waals surface area contributed by atoms with Gasteiger partial charge in [0.05, 0.1) is 5.56 Å². The molecule has 1 saturated heterocycles. The first-order valence-electron chi connectivity index (χ1n) is 15.9. The molecule has 11 nitrogen and oxygen atoms in total. The first-order valence-corrected chi connectivity index (χ1v) is 15.9. The van der Waals surface area contributed by atoms with E-state index >= 15 is 0 Å². The second-order valence-electron chi connectivity index (χ2n) is 12.6. The van der Waals surface area contributed by atoms with E-state index in [4.69, 9.17) is 0 Å². The fourth-order valence-corrected chi connectivity index (χ4v) is 5.81. The third-order valence-corrected chi connectivity index (χ3v) is 8.41. The topological polar surface area (TPSA) is 127 Å². The molecule has 3 aromatic carbocycles. The largest absolute Gasteiger partial charge is 0.508 e. The second kappa shape index (κ2) is 15.1. The van der Waals surface area contributed by atoms with Gasteiger partial charge in [-0.15, -0.1) is 10.2 Å². The van der Waals surface area contributed by atoms with Gasteiger partial charge in [0.2, 0.25) is 12.2 Å². The quantitative estimate of drug-likeness (QED) is 0.185. The van der Waals surface area contributed by atoms with Gasteiger partial charge in [-0.05, 0) is 53.4 Å². The van der Waals surface area contributed by atoms with E-state index in [9.17, 15) is 33.0 Å². The average molecular weight is 680 g/mol. The number of nitrogens with one attached hydrogen (secondary N) is 1. The monoisotopic (exact) mass is 679 g/mol. The van der Waals surface area contributed by atoms with Crippen molar-refractivity contribution in [2.75, 3.05) is 39.8 Å². The lowest BCUT2D eigenvalue weighted by Crippen LogP contribution is -2.45. The number of aromatic nitrogens is 3. The summed E-state index contributed by atoms with van der Waals surface area (Å²) in [5.74, 6) is -2.05. The SMILES string of the molecule is CC(C)c1cc(-c2nnc(C(=O)NCC(F)(F)F)n2-c2ccc(CN(C)Cc3ccc(CN4CCN(C=O)CC4)cc3)cc2)c(O)cc1O. The predicted octanol–water partition coefficient (Wildman–Crippen LogP) is 4.67. The Morgan fingerprint density at radius 1 is 0.918 bits per heavy atom. The van der Waals surface area contributed by atoms with Gasteiger partial charge in [0.15, 0.2) is 5.82 Å². The van der Waals surface area contributed by atoms with Crippen LogP contribution in [0.2, 0.25) is 0 Å². The van der Waals surface area contributed by atoms with E-state index in [-0.39, 0.29) is 28.8 Å². The maximum atomic E-state index is 12.9. The standard InChI is InChI=1S/C35H40F3N7O4/c1-23(2)28-16-29(31(48)17-30(28)47)32-40-41-33(34(49)39-21-35(36,37)38)45(32)27-10-8-25(9-11-27)19-42(3)18-24-4-6-26(7-5-24)20-43-12-14-44(22-46)15-13-43/h4-11,16-17,22-23,47-48H,12-15,18-21H2,1-3H3,(H,39,49). The first kappa shape index (κ1) is 35.4. The van der Waals surface area contributed by atoms with E-state index in [0.29, 0.717) is 24.3 Å². The fourth-order valence-electron chi connectivity index (χ4n) is 5.81. The number of phenolic OH excluding ortho intramolecular Hbond substituents is 2. The number of aromatic hydroxyl groups is 2. The molecule has 1 fully saturated rings. The fraction of sp³-hybridized carbons (Fsp3) is 0.371. The summed E-state index contributed by atoms with van der Waals surface area (Å²) < 4.78 is 40.0. The first-order chi connectivity index (χ1) is 23.3. The molecule has 0 spiro atoms. The summed E-state index contributed by atoms with van der Waals surface area (Å²) in [6.07, 6.45) is -3.73. The van der Waals surface area contributed by atoms with E-state index < -0.39 is 24.5 Å². The number of carbonyl (C=O) groups excluding carboxylic acids is 2. The van der Waals surface area contributed by atoms with Crippen molar-refractivity contribution >= 4 is 12.3 Å². The molecule has 1 aliphatic rings. The van der Waals surface area contributed by atoms with Crippen LogP contribution in [0.15, 0.2) is 60.7 Å². The van der Waals surface area contributed by atoms with Crippen molar-refractivity contribution in [2.24, 2.45) is 0 Å². The van der Waals surface area contributed by atoms with Gasteiger partial charge in [0.1, 0.15) is 18.0 Å². The van der Waals surface area contributed by atoms with Crippen LogP contribution in [0.5, 0.6) is 11.5 Å². The summed E-state index contributed by atoms with van der Waals surface area (Å²) in [7, 11) is 2.00. The number of phenols is 2. The molecular weight excluding hydrogens is 639 g/mol. The van der Waals surface area contributed by atoms with Crippen molar-refractivity contribution in [3.05, 3.63) is 88.7 Å². The molecule has 260 valence electrons. The Morgan fingerprint density at radius 3 is 2.08 bits per heavy atom. The van der Waals surface area contributed by atoms with Crippen molar-refractivity contribution in [1.29, 1.82) is 0 Å². The highest BCUT2D eigenvalue weighted by molar-refractivity contribution is 5.92. The molecule has 14 heteroatoms. The van der Waals surface area contributed by atoms with Crippen LogP contribution in [0.4, 0.5) is 13.2 Å². The lowest BCUT2D eigenvalue weighted by atomic mass is 9.98. The maximum absolute atomic E-state index is 12.9. The molecule has 5 rings (SSSR count). The van der Waals surface area contributed by atoms with E-state index in [1.54, 1.807) is 17.0 Å². The van der Waals surface area contributed by atoms with Crippen LogP contribution in [0.1, 0.15) is 52.6 Å². The summed E-state index contributed by atoms with van der Waals surface area (Å²) >= 11 is 0. The number of carbonyl (C=O) groups is 2. The Morgan fingerprint density at radius 2 is 1.51 bits per heavy atom. The zero-order chi connectivity index (χ0) is 35.3. The molecule has 0 unspecified atom stereocenters. The number of benzene rings is 3. The van der Waals surface area contributed by atoms with Crippen LogP contribution in [0.3, 0.4) is 0 Å². The molecule has 2 heterocycles. The summed E-state index contributed by atoms with van der Waals surface area (Å²) in [5.41, 5.74) is 4.36. The van der Waals surface area contributed by atoms with Crippen molar-refractivity contribution < 1.29 is 33.0 Å². The summed E-state index contributed by atoms with van der Waals surface area (Å²) in [5, 5.41) is 30.9. The Balaban J connectivity index is 1.32. The number of amides is 2. The Labute approximate surface area is 282 Å². The molecule has 0 aliphatic carbocycles. The predicted molar refractivity (Wildman–Crippen MR) is 177 cm³/mol. The molecule has 4 aromatic rings. The van der Waals surface area contributed by atoms with Crippen molar-refractivity contribution in [2.45, 2.75) is 45.6 Å². The Kier molecular flexibility index (Phi) is 10.9. The van der Waals surface area contributed by atoms with Gasteiger partial charge in [-0.25, -0.2) is 0 Å². The molecule has 0 saturated carbocycles. The van der Waals surface area contributed by atoms with Crippen molar-refractivity contribution in [3.8, 4) is 28.6 Å². The van der Waals surface area contributed by atoms with Crippen molar-refractivity contribution in [3.63, 3.8) is 0 Å². The van der Waals surface area contributed by atoms with Gasteiger partial charge in [-0.3, -0.25) is 24.0 Å². The van der Waals surface area contributed by atoms with E-state index in [1.165, 1.54) is 16.2 Å². The minimum Gasteiger partial charge on any atom is -0.508 e. The second-order valence-corrected chi connectivity index (χ2v) is 12.6. The number of hydrogen-bond acceptors (Lipinski definition) is 8. The van der Waals surface area contributed by atoms with Gasteiger partial charge in [-0.2, -0.15) is 13.2 Å². The number of piperazine rings is 1. The van der Waals surface area contributed by atoms with Crippen LogP contribution in [0, 0.1) is 0 Å². The van der Waals surface area contributed by atoms with Gasteiger partial charge < -0.3 is 20.4 Å². The number of halogens is 3. The minimum atomic E-state index is -4.63. The van der Waals surface area contributed by atoms with Crippen LogP contribution in [0.25, 0.3) is 17.1 Å². The number of alkyl halides is 3. The van der Waals surface area contributed by atoms with Crippen LogP contribution >= 0.6 is 0 Å². The lowest BCUT2D eigenvalue weighted by Gasteiger charge is -2.32. The van der Waals surface area contributed by atoms with E-state index in [2.05, 4.69) is 44.3 Å². The van der Waals surface area contributed by atoms with Gasteiger partial charge in [0.25, 0.3) is 5.91 Å². The molecule has 0 bridgehead atoms. The lowest BCUT2D eigenvalue weighted by molar-refractivity contribution is -0.123. The molecule has 0 atom stereocenters. The van der Waals surface area contributed by atoms with Crippen molar-refractivity contribution in [1.82, 2.24) is 34.8 Å². The highest BCUT2D eigenvalue weighted by Gasteiger charge is 2.30. The zero-order valence-electron chi connectivity index (χ0n) is 27.6. The number of hydrogen-bond donors (Lipinski definition) is 3. The number of nitrogens with zero attached hydrogens (tertiary/aromatic N) is 6. The molecule has 49 heavy (non-hydrogen) atoms. The van der Waals surface area contributed by atoms with Gasteiger partial charge in [-0.1, -0.05) is 50.2 Å². The molecule has 3 N–H and O–H groups in total. The zero-order valence-corrected chi connectivity index (χ0v) is 27.6. The Bertz CT molecular complexity index is 1750. The Hall–Kier alpha value is -4.95. The van der Waals surface area contributed by atoms with Crippen LogP contribution < -0.4 is 5.32 Å². The van der Waals surface area contributed by atoms with Gasteiger partial charge >= 0.3 is 6.18 Å². The molecule has 2 amide bonds. The summed E-state index contributed by atoms with van der Waals surface area (Å²) in [6, 6.07) is 18.3. The third-order valence-electron chi connectivity index (χ3n) is 8.41. The smallest absolute Gasteiger partial charge is 0.405 e. The minimum absolute atomic E-state index is 0.0214. The van der Waals surface area contributed by atoms with Crippen LogP contribution in [-0.4, -0.2) is 97.9 Å². The number of rotatable bonds is 12. The maximum Gasteiger partial charge on any atom is 0.405 e. The normalized spacial score (nSPS) is 14.1. The third kappa shape index (κ3) is 8.95. The molecule has 0 radical (unpaired) electrons. The van der Waals surface area contributed by atoms with Crippen LogP contribution in [-0.2, 0) is 24.4 Å². The highest BCUT2D eigenvalue weighted by atomic mass is 19.4. The molecular formula is C35H40F3N7O4. The molecule has 1 aromatic heterocycles. The van der Waals surface area contributed by atoms with E-state index in [0.717, 1.165) is 56.3 Å². The van der Waals surface area contributed by atoms with Gasteiger partial charge in [0, 0.05) is 57.6 Å². The summed E-state index contributed by atoms with van der Waals surface area (Å²) in [4.78, 5) is 30.1. The summed E-state index contributed by atoms with van der Waals surface area (Å²) in [6.45, 7) is 7.46. The average Bonchev–Trinajstić information content (AvgIpc) is 3.50. The highest BCUT2D eigenvalue weighted by Crippen LogP contribution is 2.38. The molecule has 1 aliphatic heterocycles. The van der Waals surface area contributed by atoms with E-state index in [1.807, 2.05) is 38.3 Å².